The number of nitrogens with two attached hydrogens (primary N) is 1. The van der Waals surface area contributed by atoms with Gasteiger partial charge in [0.25, 0.3) is 0 Å². The van der Waals surface area contributed by atoms with Gasteiger partial charge in [0.1, 0.15) is 17.9 Å². The fourth-order valence-corrected chi connectivity index (χ4v) is 1.97. The van der Waals surface area contributed by atoms with Gasteiger partial charge in [-0.15, -0.1) is 0 Å². The first-order valence-corrected chi connectivity index (χ1v) is 6.70. The van der Waals surface area contributed by atoms with Gasteiger partial charge in [-0.25, -0.2) is 9.97 Å². The van der Waals surface area contributed by atoms with Crippen molar-refractivity contribution in [3.05, 3.63) is 41.9 Å². The molecule has 1 aromatic heterocycles. The van der Waals surface area contributed by atoms with E-state index in [2.05, 4.69) is 22.2 Å². The Morgan fingerprint density at radius 2 is 2.10 bits per heavy atom. The molecule has 0 saturated carbocycles. The molecule has 0 amide bonds. The molecular weight excluding hydrogens is 252 g/mol. The van der Waals surface area contributed by atoms with E-state index in [1.807, 2.05) is 24.3 Å². The lowest BCUT2D eigenvalue weighted by atomic mass is 10.2. The zero-order valence-electron chi connectivity index (χ0n) is 11.9. The van der Waals surface area contributed by atoms with E-state index in [0.717, 1.165) is 29.9 Å². The molecule has 2 aromatic rings. The van der Waals surface area contributed by atoms with E-state index >= 15 is 0 Å². The van der Waals surface area contributed by atoms with Crippen LogP contribution in [0.3, 0.4) is 0 Å². The lowest BCUT2D eigenvalue weighted by molar-refractivity contribution is 0.417. The summed E-state index contributed by atoms with van der Waals surface area (Å²) in [7, 11) is 1.61. The maximum atomic E-state index is 5.89. The van der Waals surface area contributed by atoms with Crippen molar-refractivity contribution in [1.29, 1.82) is 0 Å². The van der Waals surface area contributed by atoms with E-state index in [9.17, 15) is 0 Å². The molecule has 0 aliphatic rings. The predicted octanol–water partition coefficient (Wildman–Crippen LogP) is 2.63. The average molecular weight is 272 g/mol. The quantitative estimate of drug-likeness (QED) is 0.791. The SMILES string of the molecule is CCCc1cc(NCc2ccc(OC)c(N)c2)ncn1. The van der Waals surface area contributed by atoms with Crippen LogP contribution in [0.5, 0.6) is 5.75 Å². The van der Waals surface area contributed by atoms with E-state index in [4.69, 9.17) is 10.5 Å². The number of benzene rings is 1. The third-order valence-corrected chi connectivity index (χ3v) is 3.00. The highest BCUT2D eigenvalue weighted by Crippen LogP contribution is 2.22. The number of aromatic nitrogens is 2. The first-order chi connectivity index (χ1) is 9.72. The van der Waals surface area contributed by atoms with Crippen molar-refractivity contribution < 1.29 is 4.74 Å². The molecule has 5 heteroatoms. The van der Waals surface area contributed by atoms with Crippen LogP contribution in [0.4, 0.5) is 11.5 Å². The van der Waals surface area contributed by atoms with Gasteiger partial charge in [-0.2, -0.15) is 0 Å². The lowest BCUT2D eigenvalue weighted by Crippen LogP contribution is -2.04. The number of methoxy groups -OCH3 is 1. The number of aryl methyl sites for hydroxylation is 1. The van der Waals surface area contributed by atoms with Crippen LogP contribution in [0.15, 0.2) is 30.6 Å². The Balaban J connectivity index is 2.01. The van der Waals surface area contributed by atoms with Crippen molar-refractivity contribution in [3.63, 3.8) is 0 Å². The molecule has 1 aromatic carbocycles. The first-order valence-electron chi connectivity index (χ1n) is 6.70. The van der Waals surface area contributed by atoms with Gasteiger partial charge in [0, 0.05) is 18.3 Å². The number of hydrogen-bond acceptors (Lipinski definition) is 5. The number of anilines is 2. The highest BCUT2D eigenvalue weighted by Gasteiger charge is 2.02. The molecule has 0 aliphatic heterocycles. The number of ether oxygens (including phenoxy) is 1. The third-order valence-electron chi connectivity index (χ3n) is 3.00. The van der Waals surface area contributed by atoms with Crippen LogP contribution in [0.2, 0.25) is 0 Å². The Labute approximate surface area is 119 Å². The Morgan fingerprint density at radius 3 is 2.80 bits per heavy atom. The van der Waals surface area contributed by atoms with E-state index in [1.165, 1.54) is 0 Å². The van der Waals surface area contributed by atoms with Crippen molar-refractivity contribution in [2.75, 3.05) is 18.2 Å². The topological polar surface area (TPSA) is 73.1 Å². The van der Waals surface area contributed by atoms with E-state index in [-0.39, 0.29) is 0 Å². The molecule has 0 fully saturated rings. The molecule has 2 rings (SSSR count). The van der Waals surface area contributed by atoms with Gasteiger partial charge < -0.3 is 15.8 Å². The van der Waals surface area contributed by atoms with Crippen molar-refractivity contribution in [1.82, 2.24) is 9.97 Å². The molecule has 0 saturated heterocycles. The second-order valence-corrected chi connectivity index (χ2v) is 4.57. The summed E-state index contributed by atoms with van der Waals surface area (Å²) in [5, 5.41) is 3.28. The summed E-state index contributed by atoms with van der Waals surface area (Å²) in [6.45, 7) is 2.80. The number of nitrogen functional groups attached to an aromatic ring is 1. The first kappa shape index (κ1) is 14.1. The minimum Gasteiger partial charge on any atom is -0.495 e. The summed E-state index contributed by atoms with van der Waals surface area (Å²) in [5.74, 6) is 1.53. The summed E-state index contributed by atoms with van der Waals surface area (Å²) >= 11 is 0. The maximum absolute atomic E-state index is 5.89. The molecule has 1 heterocycles. The van der Waals surface area contributed by atoms with Crippen molar-refractivity contribution in [3.8, 4) is 5.75 Å². The van der Waals surface area contributed by atoms with Crippen molar-refractivity contribution in [2.45, 2.75) is 26.3 Å². The van der Waals surface area contributed by atoms with Gasteiger partial charge >= 0.3 is 0 Å². The van der Waals surface area contributed by atoms with Crippen LogP contribution in [0, 0.1) is 0 Å². The van der Waals surface area contributed by atoms with Crippen molar-refractivity contribution in [2.24, 2.45) is 0 Å². The molecule has 0 aliphatic carbocycles. The normalized spacial score (nSPS) is 10.3. The van der Waals surface area contributed by atoms with Crippen LogP contribution >= 0.6 is 0 Å². The molecule has 20 heavy (non-hydrogen) atoms. The molecular formula is C15H20N4O. The Bertz CT molecular complexity index is 572. The zero-order chi connectivity index (χ0) is 14.4. The zero-order valence-corrected chi connectivity index (χ0v) is 11.9. The summed E-state index contributed by atoms with van der Waals surface area (Å²) in [6, 6.07) is 7.74. The summed E-state index contributed by atoms with van der Waals surface area (Å²) in [6.07, 6.45) is 3.63. The highest BCUT2D eigenvalue weighted by molar-refractivity contribution is 5.54. The number of rotatable bonds is 6. The molecule has 0 atom stereocenters. The summed E-state index contributed by atoms with van der Waals surface area (Å²) in [5.41, 5.74) is 8.66. The average Bonchev–Trinajstić information content (AvgIpc) is 2.46. The number of hydrogen-bond donors (Lipinski definition) is 2. The molecule has 0 radical (unpaired) electrons. The third kappa shape index (κ3) is 3.60. The second-order valence-electron chi connectivity index (χ2n) is 4.57. The largest absolute Gasteiger partial charge is 0.495 e. The van der Waals surface area contributed by atoms with Gasteiger partial charge in [0.2, 0.25) is 0 Å². The lowest BCUT2D eigenvalue weighted by Gasteiger charge is -2.09. The fourth-order valence-electron chi connectivity index (χ4n) is 1.97. The number of nitrogens with one attached hydrogen (secondary N) is 1. The molecule has 3 N–H and O–H groups in total. The van der Waals surface area contributed by atoms with Gasteiger partial charge in [-0.3, -0.25) is 0 Å². The van der Waals surface area contributed by atoms with E-state index in [0.29, 0.717) is 18.0 Å². The van der Waals surface area contributed by atoms with E-state index in [1.54, 1.807) is 13.4 Å². The monoisotopic (exact) mass is 272 g/mol. The van der Waals surface area contributed by atoms with Gasteiger partial charge in [0.05, 0.1) is 12.8 Å². The maximum Gasteiger partial charge on any atom is 0.141 e. The van der Waals surface area contributed by atoms with Gasteiger partial charge in [0.15, 0.2) is 0 Å². The minimum atomic E-state index is 0.640. The standard InChI is InChI=1S/C15H20N4O/c1-3-4-12-8-15(19-10-18-12)17-9-11-5-6-14(20-2)13(16)7-11/h5-8,10H,3-4,9,16H2,1-2H3,(H,17,18,19). The van der Waals surface area contributed by atoms with Gasteiger partial charge in [-0.05, 0) is 24.1 Å². The smallest absolute Gasteiger partial charge is 0.141 e. The van der Waals surface area contributed by atoms with Crippen LogP contribution in [0.25, 0.3) is 0 Å². The predicted molar refractivity (Wildman–Crippen MR) is 80.8 cm³/mol. The fraction of sp³-hybridized carbons (Fsp3) is 0.333. The van der Waals surface area contributed by atoms with Crippen LogP contribution in [-0.4, -0.2) is 17.1 Å². The molecule has 106 valence electrons. The van der Waals surface area contributed by atoms with Crippen LogP contribution < -0.4 is 15.8 Å². The Kier molecular flexibility index (Phi) is 4.76. The number of nitrogens with zero attached hydrogens (tertiary/aromatic N) is 2. The van der Waals surface area contributed by atoms with Crippen LogP contribution in [-0.2, 0) is 13.0 Å². The second kappa shape index (κ2) is 6.75. The summed E-state index contributed by atoms with van der Waals surface area (Å²) in [4.78, 5) is 8.45. The molecule has 0 bridgehead atoms. The van der Waals surface area contributed by atoms with Crippen LogP contribution in [0.1, 0.15) is 24.6 Å². The summed E-state index contributed by atoms with van der Waals surface area (Å²) < 4.78 is 5.14. The molecule has 5 nitrogen and oxygen atoms in total. The molecule has 0 unspecified atom stereocenters. The van der Waals surface area contributed by atoms with E-state index < -0.39 is 0 Å². The van der Waals surface area contributed by atoms with Crippen molar-refractivity contribution >= 4 is 11.5 Å². The Morgan fingerprint density at radius 1 is 1.25 bits per heavy atom. The van der Waals surface area contributed by atoms with Gasteiger partial charge in [-0.1, -0.05) is 19.4 Å². The molecule has 0 spiro atoms. The highest BCUT2D eigenvalue weighted by atomic mass is 16.5. The minimum absolute atomic E-state index is 0.640. The Hall–Kier alpha value is -2.30.